The lowest BCUT2D eigenvalue weighted by Gasteiger charge is -2.20. The quantitative estimate of drug-likeness (QED) is 0.484. The van der Waals surface area contributed by atoms with Gasteiger partial charge in [-0.15, -0.1) is 11.3 Å². The number of rotatable bonds is 5. The molecule has 30 heavy (non-hydrogen) atoms. The SMILES string of the molecule is NC(Cc1ccccc1)C(N)c1nc(-c2ccncc2)nc2c(C#CCF)csc12. The standard InChI is InChI=1S/C23H20FN5S/c24-10-4-7-17-14-30-22-20(17)28-23(16-8-11-27-12-9-16)29-21(22)19(26)18(25)13-15-5-2-1-3-6-15/h1-3,5-6,8-9,11-12,14,18-19H,10,13,25-26H2. The summed E-state index contributed by atoms with van der Waals surface area (Å²) >= 11 is 1.45. The Hall–Kier alpha value is -3.18. The van der Waals surface area contributed by atoms with Gasteiger partial charge in [-0.2, -0.15) is 0 Å². The molecule has 0 saturated carbocycles. The molecule has 1 aromatic carbocycles. The summed E-state index contributed by atoms with van der Waals surface area (Å²) in [5.41, 5.74) is 17.0. The fraction of sp³-hybridized carbons (Fsp3) is 0.174. The Bertz CT molecular complexity index is 1200. The molecule has 0 aliphatic carbocycles. The average Bonchev–Trinajstić information content (AvgIpc) is 3.20. The van der Waals surface area contributed by atoms with Gasteiger partial charge in [-0.3, -0.25) is 4.98 Å². The van der Waals surface area contributed by atoms with Gasteiger partial charge >= 0.3 is 0 Å². The first-order valence-corrected chi connectivity index (χ1v) is 10.3. The highest BCUT2D eigenvalue weighted by molar-refractivity contribution is 7.17. The number of halogens is 1. The smallest absolute Gasteiger partial charge is 0.160 e. The number of nitrogens with two attached hydrogens (primary N) is 2. The summed E-state index contributed by atoms with van der Waals surface area (Å²) in [6.45, 7) is -0.714. The lowest BCUT2D eigenvalue weighted by Crippen LogP contribution is -2.36. The van der Waals surface area contributed by atoms with Gasteiger partial charge in [0.2, 0.25) is 0 Å². The van der Waals surface area contributed by atoms with Gasteiger partial charge in [0.25, 0.3) is 0 Å². The molecule has 0 amide bonds. The summed E-state index contributed by atoms with van der Waals surface area (Å²) < 4.78 is 13.4. The minimum absolute atomic E-state index is 0.335. The van der Waals surface area contributed by atoms with Crippen LogP contribution in [0.1, 0.15) is 22.9 Å². The number of fused-ring (bicyclic) bond motifs is 1. The van der Waals surface area contributed by atoms with Crippen LogP contribution in [-0.4, -0.2) is 27.7 Å². The van der Waals surface area contributed by atoms with Gasteiger partial charge in [0.1, 0.15) is 5.52 Å². The molecule has 0 aliphatic rings. The van der Waals surface area contributed by atoms with E-state index in [-0.39, 0.29) is 6.04 Å². The second kappa shape index (κ2) is 9.09. The first kappa shape index (κ1) is 20.1. The van der Waals surface area contributed by atoms with Crippen molar-refractivity contribution < 1.29 is 4.39 Å². The van der Waals surface area contributed by atoms with E-state index in [9.17, 15) is 4.39 Å². The molecule has 0 radical (unpaired) electrons. The van der Waals surface area contributed by atoms with Crippen molar-refractivity contribution in [3.05, 3.63) is 77.1 Å². The highest BCUT2D eigenvalue weighted by Crippen LogP contribution is 2.32. The van der Waals surface area contributed by atoms with Crippen LogP contribution < -0.4 is 11.5 Å². The highest BCUT2D eigenvalue weighted by atomic mass is 32.1. The van der Waals surface area contributed by atoms with Crippen molar-refractivity contribution in [2.24, 2.45) is 11.5 Å². The largest absolute Gasteiger partial charge is 0.326 e. The van der Waals surface area contributed by atoms with Crippen LogP contribution >= 0.6 is 11.3 Å². The van der Waals surface area contributed by atoms with E-state index in [4.69, 9.17) is 21.4 Å². The second-order valence-corrected chi connectivity index (χ2v) is 7.69. The molecule has 4 rings (SSSR count). The van der Waals surface area contributed by atoms with Crippen LogP contribution in [0, 0.1) is 11.8 Å². The van der Waals surface area contributed by atoms with E-state index in [1.165, 1.54) is 11.3 Å². The third-order valence-corrected chi connectivity index (χ3v) is 5.75. The van der Waals surface area contributed by atoms with Crippen molar-refractivity contribution in [1.29, 1.82) is 0 Å². The highest BCUT2D eigenvalue weighted by Gasteiger charge is 2.23. The first-order valence-electron chi connectivity index (χ1n) is 9.47. The molecule has 7 heteroatoms. The summed E-state index contributed by atoms with van der Waals surface area (Å²) in [5, 5.41) is 1.86. The molecule has 0 bridgehead atoms. The van der Waals surface area contributed by atoms with E-state index in [0.717, 1.165) is 15.8 Å². The molecule has 2 unspecified atom stereocenters. The zero-order valence-corrected chi connectivity index (χ0v) is 16.9. The van der Waals surface area contributed by atoms with Gasteiger partial charge in [-0.1, -0.05) is 42.2 Å². The Morgan fingerprint density at radius 1 is 1.03 bits per heavy atom. The number of aromatic nitrogens is 3. The molecule has 0 aliphatic heterocycles. The van der Waals surface area contributed by atoms with E-state index < -0.39 is 12.7 Å². The third-order valence-electron chi connectivity index (χ3n) is 4.76. The van der Waals surface area contributed by atoms with Crippen LogP contribution in [-0.2, 0) is 6.42 Å². The van der Waals surface area contributed by atoms with Crippen LogP contribution in [0.25, 0.3) is 21.6 Å². The van der Waals surface area contributed by atoms with E-state index in [0.29, 0.717) is 29.0 Å². The molecule has 0 spiro atoms. The fourth-order valence-electron chi connectivity index (χ4n) is 3.23. The van der Waals surface area contributed by atoms with Crippen molar-refractivity contribution in [2.75, 3.05) is 6.67 Å². The van der Waals surface area contributed by atoms with Gasteiger partial charge in [0, 0.05) is 29.4 Å². The number of thiophene rings is 1. The van der Waals surface area contributed by atoms with E-state index in [1.54, 1.807) is 12.4 Å². The van der Waals surface area contributed by atoms with E-state index in [2.05, 4.69) is 16.8 Å². The first-order chi connectivity index (χ1) is 14.7. The second-order valence-electron chi connectivity index (χ2n) is 6.81. The maximum atomic E-state index is 12.6. The number of pyridine rings is 1. The van der Waals surface area contributed by atoms with Gasteiger partial charge in [-0.25, -0.2) is 14.4 Å². The zero-order chi connectivity index (χ0) is 20.9. The Kier molecular flexibility index (Phi) is 6.10. The van der Waals surface area contributed by atoms with Gasteiger partial charge in [0.05, 0.1) is 22.0 Å². The molecule has 4 aromatic rings. The maximum Gasteiger partial charge on any atom is 0.160 e. The maximum absolute atomic E-state index is 12.6. The summed E-state index contributed by atoms with van der Waals surface area (Å²) in [6.07, 6.45) is 3.99. The topological polar surface area (TPSA) is 90.7 Å². The van der Waals surface area contributed by atoms with E-state index >= 15 is 0 Å². The van der Waals surface area contributed by atoms with Crippen LogP contribution in [0.5, 0.6) is 0 Å². The predicted octanol–water partition coefficient (Wildman–Crippen LogP) is 3.64. The number of alkyl halides is 1. The zero-order valence-electron chi connectivity index (χ0n) is 16.1. The van der Waals surface area contributed by atoms with Crippen molar-refractivity contribution in [2.45, 2.75) is 18.5 Å². The summed E-state index contributed by atoms with van der Waals surface area (Å²) in [4.78, 5) is 13.5. The van der Waals surface area contributed by atoms with Crippen LogP contribution in [0.15, 0.2) is 60.2 Å². The van der Waals surface area contributed by atoms with Gasteiger partial charge in [-0.05, 0) is 24.1 Å². The third kappa shape index (κ3) is 4.21. The Balaban J connectivity index is 1.80. The Morgan fingerprint density at radius 2 is 1.80 bits per heavy atom. The minimum Gasteiger partial charge on any atom is -0.326 e. The normalized spacial score (nSPS) is 12.9. The average molecular weight is 418 g/mol. The summed E-state index contributed by atoms with van der Waals surface area (Å²) in [7, 11) is 0. The van der Waals surface area contributed by atoms with Gasteiger partial charge < -0.3 is 11.5 Å². The number of hydrogen-bond donors (Lipinski definition) is 2. The van der Waals surface area contributed by atoms with Crippen LogP contribution in [0.2, 0.25) is 0 Å². The molecular formula is C23H20FN5S. The molecule has 5 nitrogen and oxygen atoms in total. The van der Waals surface area contributed by atoms with Crippen LogP contribution in [0.4, 0.5) is 4.39 Å². The van der Waals surface area contributed by atoms with Crippen molar-refractivity contribution >= 4 is 21.6 Å². The molecule has 0 fully saturated rings. The minimum atomic E-state index is -0.714. The molecule has 3 heterocycles. The summed E-state index contributed by atoms with van der Waals surface area (Å²) in [5.74, 6) is 5.83. The molecule has 0 saturated heterocycles. The summed E-state index contributed by atoms with van der Waals surface area (Å²) in [6, 6.07) is 12.8. The molecule has 2 atom stereocenters. The molecule has 3 aromatic heterocycles. The monoisotopic (exact) mass is 417 g/mol. The van der Waals surface area contributed by atoms with Crippen LogP contribution in [0.3, 0.4) is 0 Å². The van der Waals surface area contributed by atoms with Gasteiger partial charge in [0.15, 0.2) is 12.5 Å². The van der Waals surface area contributed by atoms with Crippen molar-refractivity contribution in [3.8, 4) is 23.2 Å². The lowest BCUT2D eigenvalue weighted by atomic mass is 9.98. The van der Waals surface area contributed by atoms with Crippen molar-refractivity contribution in [1.82, 2.24) is 15.0 Å². The lowest BCUT2D eigenvalue weighted by molar-refractivity contribution is 0.537. The number of nitrogens with zero attached hydrogens (tertiary/aromatic N) is 3. The number of benzene rings is 1. The van der Waals surface area contributed by atoms with E-state index in [1.807, 2.05) is 47.8 Å². The Labute approximate surface area is 178 Å². The predicted molar refractivity (Wildman–Crippen MR) is 119 cm³/mol. The van der Waals surface area contributed by atoms with Crippen molar-refractivity contribution in [3.63, 3.8) is 0 Å². The molecule has 150 valence electrons. The Morgan fingerprint density at radius 3 is 2.53 bits per heavy atom. The fourth-order valence-corrected chi connectivity index (χ4v) is 4.21. The molecule has 4 N–H and O–H groups in total. The number of hydrogen-bond acceptors (Lipinski definition) is 6. The molecular weight excluding hydrogens is 397 g/mol.